The van der Waals surface area contributed by atoms with Gasteiger partial charge in [0.2, 0.25) is 0 Å². The zero-order valence-electron chi connectivity index (χ0n) is 10.2. The average molecular weight is 278 g/mol. The first-order valence-electron chi connectivity index (χ1n) is 5.59. The number of nitrogens with one attached hydrogen (secondary N) is 1. The van der Waals surface area contributed by atoms with Crippen LogP contribution in [0.4, 0.5) is 20.2 Å². The Morgan fingerprint density at radius 3 is 2.21 bits per heavy atom. The van der Waals surface area contributed by atoms with Crippen molar-refractivity contribution in [3.05, 3.63) is 59.2 Å². The van der Waals surface area contributed by atoms with Crippen molar-refractivity contribution in [1.29, 1.82) is 0 Å². The van der Waals surface area contributed by atoms with E-state index in [2.05, 4.69) is 5.32 Å². The lowest BCUT2D eigenvalue weighted by molar-refractivity contribution is 0.584. The molecule has 0 spiro atoms. The fourth-order valence-corrected chi connectivity index (χ4v) is 2.04. The maximum Gasteiger partial charge on any atom is 0.128 e. The molecule has 0 unspecified atom stereocenters. The Hall–Kier alpha value is -2.01. The van der Waals surface area contributed by atoms with Gasteiger partial charge in [-0.2, -0.15) is 0 Å². The molecular formula is C14H12F2N2S. The molecule has 0 heterocycles. The second-order valence-corrected chi connectivity index (χ2v) is 4.62. The van der Waals surface area contributed by atoms with Crippen LogP contribution in [0.1, 0.15) is 11.1 Å². The SMILES string of the molecule is Cc1cc(Nc2cc(F)cc(F)c2)ccc1C(N)=S. The van der Waals surface area contributed by atoms with E-state index < -0.39 is 11.6 Å². The summed E-state index contributed by atoms with van der Waals surface area (Å²) in [6.07, 6.45) is 0. The summed E-state index contributed by atoms with van der Waals surface area (Å²) in [5.74, 6) is -1.25. The van der Waals surface area contributed by atoms with E-state index in [1.165, 1.54) is 12.1 Å². The van der Waals surface area contributed by atoms with Crippen LogP contribution >= 0.6 is 12.2 Å². The summed E-state index contributed by atoms with van der Waals surface area (Å²) in [6, 6.07) is 8.61. The van der Waals surface area contributed by atoms with Gasteiger partial charge in [-0.1, -0.05) is 12.2 Å². The van der Waals surface area contributed by atoms with Crippen LogP contribution in [0.5, 0.6) is 0 Å². The first kappa shape index (κ1) is 13.4. The van der Waals surface area contributed by atoms with Gasteiger partial charge in [-0.3, -0.25) is 0 Å². The lowest BCUT2D eigenvalue weighted by Crippen LogP contribution is -2.11. The normalized spacial score (nSPS) is 10.3. The van der Waals surface area contributed by atoms with Crippen LogP contribution < -0.4 is 11.1 Å². The highest BCUT2D eigenvalue weighted by atomic mass is 32.1. The van der Waals surface area contributed by atoms with E-state index in [4.69, 9.17) is 18.0 Å². The maximum absolute atomic E-state index is 13.1. The smallest absolute Gasteiger partial charge is 0.128 e. The van der Waals surface area contributed by atoms with Crippen molar-refractivity contribution in [3.8, 4) is 0 Å². The van der Waals surface area contributed by atoms with Gasteiger partial charge in [-0.15, -0.1) is 0 Å². The zero-order valence-corrected chi connectivity index (χ0v) is 11.0. The van der Waals surface area contributed by atoms with E-state index in [-0.39, 0.29) is 0 Å². The van der Waals surface area contributed by atoms with Crippen LogP contribution in [0, 0.1) is 18.6 Å². The van der Waals surface area contributed by atoms with Crippen LogP contribution in [-0.4, -0.2) is 4.99 Å². The second kappa shape index (κ2) is 5.32. The van der Waals surface area contributed by atoms with Crippen molar-refractivity contribution in [3.63, 3.8) is 0 Å². The van der Waals surface area contributed by atoms with Crippen molar-refractivity contribution in [2.75, 3.05) is 5.32 Å². The van der Waals surface area contributed by atoms with Gasteiger partial charge in [0, 0.05) is 23.0 Å². The molecule has 0 bridgehead atoms. The fraction of sp³-hybridized carbons (Fsp3) is 0.0714. The molecule has 0 amide bonds. The number of anilines is 2. The van der Waals surface area contributed by atoms with Gasteiger partial charge >= 0.3 is 0 Å². The molecule has 0 aromatic heterocycles. The van der Waals surface area contributed by atoms with E-state index in [0.717, 1.165) is 17.2 Å². The van der Waals surface area contributed by atoms with Crippen LogP contribution in [-0.2, 0) is 0 Å². The molecule has 0 aliphatic heterocycles. The minimum absolute atomic E-state index is 0.320. The Labute approximate surface area is 115 Å². The molecule has 0 fully saturated rings. The molecule has 0 saturated heterocycles. The molecule has 2 nitrogen and oxygen atoms in total. The Bertz CT molecular complexity index is 621. The van der Waals surface area contributed by atoms with Crippen LogP contribution in [0.2, 0.25) is 0 Å². The molecule has 98 valence electrons. The standard InChI is InChI=1S/C14H12F2N2S/c1-8-4-11(2-3-13(8)14(17)19)18-12-6-9(15)5-10(16)7-12/h2-7,18H,1H3,(H2,17,19). The fourth-order valence-electron chi connectivity index (χ4n) is 1.81. The van der Waals surface area contributed by atoms with Crippen LogP contribution in [0.15, 0.2) is 36.4 Å². The third-order valence-electron chi connectivity index (χ3n) is 2.64. The monoisotopic (exact) mass is 278 g/mol. The number of halogens is 2. The van der Waals surface area contributed by atoms with Gasteiger partial charge in [0.15, 0.2) is 0 Å². The number of hydrogen-bond donors (Lipinski definition) is 2. The molecule has 0 saturated carbocycles. The molecule has 0 aliphatic rings. The summed E-state index contributed by atoms with van der Waals surface area (Å²) in [4.78, 5) is 0.320. The first-order chi connectivity index (χ1) is 8.95. The van der Waals surface area contributed by atoms with E-state index >= 15 is 0 Å². The predicted octanol–water partition coefficient (Wildman–Crippen LogP) is 3.65. The molecule has 3 N–H and O–H groups in total. The largest absolute Gasteiger partial charge is 0.389 e. The molecule has 2 aromatic carbocycles. The van der Waals surface area contributed by atoms with Crippen molar-refractivity contribution in [2.24, 2.45) is 5.73 Å². The third kappa shape index (κ3) is 3.26. The van der Waals surface area contributed by atoms with Gasteiger partial charge in [-0.05, 0) is 42.8 Å². The minimum atomic E-state index is -0.626. The lowest BCUT2D eigenvalue weighted by Gasteiger charge is -2.10. The Morgan fingerprint density at radius 1 is 1.05 bits per heavy atom. The lowest BCUT2D eigenvalue weighted by atomic mass is 10.1. The predicted molar refractivity (Wildman–Crippen MR) is 76.7 cm³/mol. The number of nitrogens with two attached hydrogens (primary N) is 1. The molecule has 0 atom stereocenters. The van der Waals surface area contributed by atoms with Crippen LogP contribution in [0.25, 0.3) is 0 Å². The minimum Gasteiger partial charge on any atom is -0.389 e. The Balaban J connectivity index is 2.28. The maximum atomic E-state index is 13.1. The highest BCUT2D eigenvalue weighted by molar-refractivity contribution is 7.80. The molecule has 0 radical (unpaired) electrons. The summed E-state index contributed by atoms with van der Waals surface area (Å²) in [5.41, 5.74) is 8.31. The summed E-state index contributed by atoms with van der Waals surface area (Å²) < 4.78 is 26.1. The summed E-state index contributed by atoms with van der Waals surface area (Å²) in [6.45, 7) is 1.87. The highest BCUT2D eigenvalue weighted by Gasteiger charge is 2.04. The Kier molecular flexibility index (Phi) is 3.76. The second-order valence-electron chi connectivity index (χ2n) is 4.18. The zero-order chi connectivity index (χ0) is 14.0. The average Bonchev–Trinajstić information content (AvgIpc) is 2.26. The van der Waals surface area contributed by atoms with Crippen molar-refractivity contribution >= 4 is 28.6 Å². The van der Waals surface area contributed by atoms with E-state index in [1.54, 1.807) is 12.1 Å². The molecule has 2 aromatic rings. The summed E-state index contributed by atoms with van der Waals surface area (Å²) in [5, 5.41) is 2.93. The number of thiocarbonyl (C=S) groups is 1. The molecule has 5 heteroatoms. The summed E-state index contributed by atoms with van der Waals surface area (Å²) in [7, 11) is 0. The van der Waals surface area contributed by atoms with Crippen molar-refractivity contribution in [1.82, 2.24) is 0 Å². The van der Waals surface area contributed by atoms with Gasteiger partial charge in [0.05, 0.1) is 0 Å². The number of aryl methyl sites for hydroxylation is 1. The van der Waals surface area contributed by atoms with Gasteiger partial charge < -0.3 is 11.1 Å². The quantitative estimate of drug-likeness (QED) is 0.842. The highest BCUT2D eigenvalue weighted by Crippen LogP contribution is 2.21. The Morgan fingerprint density at radius 2 is 1.68 bits per heavy atom. The molecule has 0 aliphatic carbocycles. The first-order valence-corrected chi connectivity index (χ1v) is 6.00. The molecular weight excluding hydrogens is 266 g/mol. The van der Waals surface area contributed by atoms with E-state index in [1.807, 2.05) is 13.0 Å². The van der Waals surface area contributed by atoms with Crippen LogP contribution in [0.3, 0.4) is 0 Å². The van der Waals surface area contributed by atoms with Gasteiger partial charge in [0.25, 0.3) is 0 Å². The number of benzene rings is 2. The van der Waals surface area contributed by atoms with Crippen molar-refractivity contribution in [2.45, 2.75) is 6.92 Å². The third-order valence-corrected chi connectivity index (χ3v) is 2.86. The molecule has 2 rings (SSSR count). The number of rotatable bonds is 3. The van der Waals surface area contributed by atoms with Crippen molar-refractivity contribution < 1.29 is 8.78 Å². The topological polar surface area (TPSA) is 38.0 Å². The van der Waals surface area contributed by atoms with Gasteiger partial charge in [-0.25, -0.2) is 8.78 Å². The number of hydrogen-bond acceptors (Lipinski definition) is 2. The van der Waals surface area contributed by atoms with Gasteiger partial charge in [0.1, 0.15) is 16.6 Å². The molecule has 19 heavy (non-hydrogen) atoms. The summed E-state index contributed by atoms with van der Waals surface area (Å²) >= 11 is 4.91. The van der Waals surface area contributed by atoms with E-state index in [0.29, 0.717) is 16.4 Å². The van der Waals surface area contributed by atoms with E-state index in [9.17, 15) is 8.78 Å².